The van der Waals surface area contributed by atoms with Crippen LogP contribution in [0.1, 0.15) is 46.0 Å². The minimum absolute atomic E-state index is 0.0247. The number of esters is 1. The highest BCUT2D eigenvalue weighted by Gasteiger charge is 2.38. The number of fused-ring (bicyclic) bond motifs is 3. The molecule has 0 radical (unpaired) electrons. The number of methoxy groups -OCH3 is 3. The number of piperidine rings is 3. The summed E-state index contributed by atoms with van der Waals surface area (Å²) < 4.78 is 43.8. The summed E-state index contributed by atoms with van der Waals surface area (Å²) in [4.78, 5) is 33.8. The molecular weight excluding hydrogens is 700 g/mol. The standard InChI is InChI=1S/C38H38Cl2FN3O7/c1-47-31-12-11-26(17-34(31)49-3)33(18-27-28(39)19-42-20-29(27)40)50-37(45)25-9-7-23(8-10-25)21-44(36-30(41)5-4-6-32(36)48-2)38(46)51-35-22-43-15-13-24(35)14-16-43/h4-12,17,19-20,24,33,35H,13-16,18,21-22H2,1-3H3/p+1/t33-,35-/m0/s1. The van der Waals surface area contributed by atoms with Gasteiger partial charge in [0, 0.05) is 18.5 Å². The molecule has 10 nitrogen and oxygen atoms in total. The molecule has 13 heteroatoms. The predicted octanol–water partition coefficient (Wildman–Crippen LogP) is 7.35. The van der Waals surface area contributed by atoms with Gasteiger partial charge in [-0.3, -0.25) is 9.80 Å². The Hall–Kier alpha value is -4.58. The number of hydrogen-bond acceptors (Lipinski definition) is 8. The monoisotopic (exact) mass is 738 g/mol. The number of anilines is 1. The lowest BCUT2D eigenvalue weighted by Gasteiger charge is -2.44. The van der Waals surface area contributed by atoms with Crippen LogP contribution in [0.3, 0.4) is 0 Å². The Labute approximate surface area is 305 Å². The number of para-hydroxylation sites is 1. The lowest BCUT2D eigenvalue weighted by atomic mass is 9.86. The quantitative estimate of drug-likeness (QED) is 0.139. The number of carbonyl (C=O) groups is 2. The molecule has 2 bridgehead atoms. The van der Waals surface area contributed by atoms with Crippen molar-refractivity contribution in [2.75, 3.05) is 45.9 Å². The van der Waals surface area contributed by atoms with Crippen molar-refractivity contribution in [1.82, 2.24) is 4.90 Å². The van der Waals surface area contributed by atoms with Gasteiger partial charge in [0.15, 0.2) is 29.7 Å². The number of amides is 1. The van der Waals surface area contributed by atoms with Crippen LogP contribution in [0.2, 0.25) is 10.0 Å². The lowest BCUT2D eigenvalue weighted by Crippen LogP contribution is -2.53. The first-order chi connectivity index (χ1) is 24.7. The van der Waals surface area contributed by atoms with Crippen molar-refractivity contribution in [3.63, 3.8) is 0 Å². The number of H-pyrrole nitrogens is 1. The van der Waals surface area contributed by atoms with Crippen molar-refractivity contribution < 1.29 is 42.6 Å². The number of nitrogens with zero attached hydrogens (tertiary/aromatic N) is 2. The summed E-state index contributed by atoms with van der Waals surface area (Å²) in [6.45, 7) is 2.59. The van der Waals surface area contributed by atoms with Crippen LogP contribution in [0.4, 0.5) is 14.9 Å². The van der Waals surface area contributed by atoms with Gasteiger partial charge in [-0.05, 0) is 79.4 Å². The zero-order valence-electron chi connectivity index (χ0n) is 28.5. The molecule has 3 fully saturated rings. The highest BCUT2D eigenvalue weighted by molar-refractivity contribution is 6.35. The fourth-order valence-corrected chi connectivity index (χ4v) is 7.19. The zero-order valence-corrected chi connectivity index (χ0v) is 30.0. The van der Waals surface area contributed by atoms with Crippen LogP contribution < -0.4 is 24.1 Å². The highest BCUT2D eigenvalue weighted by Crippen LogP contribution is 2.37. The smallest absolute Gasteiger partial charge is 0.415 e. The Kier molecular flexibility index (Phi) is 11.5. The average Bonchev–Trinajstić information content (AvgIpc) is 3.15. The van der Waals surface area contributed by atoms with Gasteiger partial charge in [-0.15, -0.1) is 0 Å². The number of carbonyl (C=O) groups excluding carboxylic acids is 2. The van der Waals surface area contributed by atoms with Gasteiger partial charge in [-0.25, -0.2) is 19.0 Å². The molecule has 3 aromatic carbocycles. The third-order valence-corrected chi connectivity index (χ3v) is 10.1. The van der Waals surface area contributed by atoms with E-state index in [0.717, 1.165) is 25.9 Å². The summed E-state index contributed by atoms with van der Waals surface area (Å²) in [5.41, 5.74) is 2.08. The summed E-state index contributed by atoms with van der Waals surface area (Å²) in [7, 11) is 4.47. The lowest BCUT2D eigenvalue weighted by molar-refractivity contribution is -0.377. The Morgan fingerprint density at radius 3 is 2.24 bits per heavy atom. The maximum Gasteiger partial charge on any atom is 0.415 e. The molecule has 0 unspecified atom stereocenters. The topological polar surface area (TPSA) is 101 Å². The van der Waals surface area contributed by atoms with Crippen molar-refractivity contribution >= 4 is 41.0 Å². The molecule has 4 heterocycles. The van der Waals surface area contributed by atoms with Gasteiger partial charge in [0.2, 0.25) is 0 Å². The molecule has 3 saturated heterocycles. The van der Waals surface area contributed by atoms with Gasteiger partial charge in [-0.2, -0.15) is 0 Å². The molecule has 1 N–H and O–H groups in total. The summed E-state index contributed by atoms with van der Waals surface area (Å²) in [5.74, 6) is 0.204. The largest absolute Gasteiger partial charge is 0.494 e. The van der Waals surface area contributed by atoms with Crippen molar-refractivity contribution in [2.24, 2.45) is 5.92 Å². The second-order valence-corrected chi connectivity index (χ2v) is 13.3. The summed E-state index contributed by atoms with van der Waals surface area (Å²) in [5, 5.41) is 0.771. The fraction of sp³-hybridized carbons (Fsp3) is 0.342. The molecule has 0 spiro atoms. The minimum Gasteiger partial charge on any atom is -0.494 e. The molecule has 7 rings (SSSR count). The molecule has 51 heavy (non-hydrogen) atoms. The van der Waals surface area contributed by atoms with Gasteiger partial charge >= 0.3 is 12.1 Å². The van der Waals surface area contributed by atoms with E-state index >= 15 is 4.39 Å². The van der Waals surface area contributed by atoms with E-state index in [1.807, 2.05) is 0 Å². The average molecular weight is 740 g/mol. The molecule has 2 atom stereocenters. The van der Waals surface area contributed by atoms with Crippen LogP contribution in [0, 0.1) is 11.7 Å². The second kappa shape index (κ2) is 16.2. The molecule has 0 saturated carbocycles. The highest BCUT2D eigenvalue weighted by atomic mass is 35.5. The van der Waals surface area contributed by atoms with E-state index in [1.165, 1.54) is 38.4 Å². The normalized spacial score (nSPS) is 18.4. The number of aromatic amines is 1. The van der Waals surface area contributed by atoms with E-state index in [4.69, 9.17) is 46.9 Å². The van der Waals surface area contributed by atoms with E-state index in [-0.39, 0.29) is 42.0 Å². The van der Waals surface area contributed by atoms with Crippen LogP contribution in [-0.4, -0.2) is 64.0 Å². The number of aromatic nitrogens is 1. The number of ether oxygens (including phenoxy) is 5. The third-order valence-electron chi connectivity index (χ3n) is 9.45. The number of rotatable bonds is 12. The SMILES string of the molecule is COc1ccc([C@H](Cc2c(Cl)c[nH+]cc2Cl)OC(=O)c2ccc(CN(C(=O)O[C@H]3CN4CCC3CC4)c3c(F)cccc3OC)cc2)cc1OC. The first-order valence-corrected chi connectivity index (χ1v) is 17.3. The molecule has 268 valence electrons. The van der Waals surface area contributed by atoms with Crippen molar-refractivity contribution in [3.8, 4) is 17.2 Å². The zero-order chi connectivity index (χ0) is 36.1. The first-order valence-electron chi connectivity index (χ1n) is 16.6. The number of hydrogen-bond donors (Lipinski definition) is 0. The van der Waals surface area contributed by atoms with Crippen LogP contribution >= 0.6 is 23.2 Å². The summed E-state index contributed by atoms with van der Waals surface area (Å²) in [6.07, 6.45) is 3.52. The molecule has 4 aromatic rings. The van der Waals surface area contributed by atoms with Gasteiger partial charge in [0.05, 0.1) is 33.4 Å². The van der Waals surface area contributed by atoms with Crippen molar-refractivity contribution in [3.05, 3.63) is 111 Å². The Bertz CT molecular complexity index is 1850. The van der Waals surface area contributed by atoms with E-state index in [1.54, 1.807) is 60.9 Å². The molecule has 0 aliphatic carbocycles. The van der Waals surface area contributed by atoms with Gasteiger partial charge in [0.1, 0.15) is 33.7 Å². The van der Waals surface area contributed by atoms with E-state index in [0.29, 0.717) is 44.8 Å². The minimum atomic E-state index is -0.806. The van der Waals surface area contributed by atoms with Crippen LogP contribution in [0.15, 0.2) is 73.1 Å². The second-order valence-electron chi connectivity index (χ2n) is 12.5. The molecule has 1 amide bonds. The van der Waals surface area contributed by atoms with Gasteiger partial charge < -0.3 is 23.7 Å². The molecule has 3 aliphatic heterocycles. The molecular formula is C38H39Cl2FN3O7+. The van der Waals surface area contributed by atoms with Crippen LogP contribution in [0.5, 0.6) is 17.2 Å². The number of benzene rings is 3. The Balaban J connectivity index is 1.24. The maximum absolute atomic E-state index is 15.4. The van der Waals surface area contributed by atoms with E-state index in [9.17, 15) is 9.59 Å². The summed E-state index contributed by atoms with van der Waals surface area (Å²) >= 11 is 12.9. The van der Waals surface area contributed by atoms with Gasteiger partial charge in [0.25, 0.3) is 0 Å². The number of pyridine rings is 1. The Morgan fingerprint density at radius 2 is 1.61 bits per heavy atom. The first kappa shape index (κ1) is 36.2. The number of nitrogens with one attached hydrogen (secondary N) is 1. The van der Waals surface area contributed by atoms with E-state index in [2.05, 4.69) is 9.88 Å². The van der Waals surface area contributed by atoms with Crippen LogP contribution in [0.25, 0.3) is 0 Å². The Morgan fingerprint density at radius 1 is 0.922 bits per heavy atom. The van der Waals surface area contributed by atoms with Gasteiger partial charge in [-0.1, -0.05) is 47.5 Å². The van der Waals surface area contributed by atoms with Crippen LogP contribution in [-0.2, 0) is 22.4 Å². The molecule has 3 aliphatic rings. The molecule has 1 aromatic heterocycles. The predicted molar refractivity (Wildman–Crippen MR) is 189 cm³/mol. The van der Waals surface area contributed by atoms with Crippen molar-refractivity contribution in [2.45, 2.75) is 38.0 Å². The fourth-order valence-electron chi connectivity index (χ4n) is 6.66. The maximum atomic E-state index is 15.4. The van der Waals surface area contributed by atoms with Crippen molar-refractivity contribution in [1.29, 1.82) is 0 Å². The number of halogens is 3. The summed E-state index contributed by atoms with van der Waals surface area (Å²) in [6, 6.07) is 16.2. The third kappa shape index (κ3) is 8.16. The van der Waals surface area contributed by atoms with E-state index < -0.39 is 24.0 Å².